The molecule has 3 nitrogen and oxygen atoms in total. The van der Waals surface area contributed by atoms with Gasteiger partial charge in [0.05, 0.1) is 12.7 Å². The second kappa shape index (κ2) is 4.39. The molecule has 0 radical (unpaired) electrons. The molecule has 0 atom stereocenters. The lowest BCUT2D eigenvalue weighted by atomic mass is 10.1. The van der Waals surface area contributed by atoms with E-state index in [1.165, 1.54) is 0 Å². The zero-order valence-electron chi connectivity index (χ0n) is 9.78. The molecule has 4 heteroatoms. The van der Waals surface area contributed by atoms with Gasteiger partial charge >= 0.3 is 0 Å². The van der Waals surface area contributed by atoms with Crippen molar-refractivity contribution in [1.29, 1.82) is 0 Å². The number of rotatable bonds is 3. The monoisotopic (exact) mass is 236 g/mol. The van der Waals surface area contributed by atoms with Crippen molar-refractivity contribution in [3.63, 3.8) is 0 Å². The molecule has 0 spiro atoms. The van der Waals surface area contributed by atoms with Crippen LogP contribution in [0, 0.1) is 0 Å². The predicted octanol–water partition coefficient (Wildman–Crippen LogP) is 3.29. The molecule has 0 fully saturated rings. The first-order valence-corrected chi connectivity index (χ1v) is 6.21. The Morgan fingerprint density at radius 1 is 1.44 bits per heavy atom. The van der Waals surface area contributed by atoms with Crippen LogP contribution in [0.1, 0.15) is 26.7 Å². The molecule has 0 amide bonds. The molecule has 2 heterocycles. The summed E-state index contributed by atoms with van der Waals surface area (Å²) >= 11 is 1.66. The Hall–Kier alpha value is -1.13. The molecule has 0 saturated carbocycles. The van der Waals surface area contributed by atoms with E-state index in [2.05, 4.69) is 36.5 Å². The highest BCUT2D eigenvalue weighted by molar-refractivity contribution is 7.08. The summed E-state index contributed by atoms with van der Waals surface area (Å²) in [5.74, 6) is 1.57. The minimum absolute atomic E-state index is 0.0804. The Labute approximate surface area is 99.5 Å². The van der Waals surface area contributed by atoms with Crippen molar-refractivity contribution in [3.8, 4) is 11.3 Å². The molecule has 0 unspecified atom stereocenters. The number of aromatic nitrogens is 1. The number of hydrogen-bond donors (Lipinski definition) is 1. The van der Waals surface area contributed by atoms with E-state index in [9.17, 15) is 0 Å². The van der Waals surface area contributed by atoms with E-state index in [1.807, 2.05) is 11.4 Å². The van der Waals surface area contributed by atoms with E-state index >= 15 is 0 Å². The number of thiophene rings is 1. The number of hydrogen-bond acceptors (Lipinski definition) is 4. The van der Waals surface area contributed by atoms with Gasteiger partial charge < -0.3 is 9.73 Å². The van der Waals surface area contributed by atoms with Gasteiger partial charge in [0, 0.05) is 16.5 Å². The van der Waals surface area contributed by atoms with Crippen molar-refractivity contribution < 1.29 is 4.42 Å². The van der Waals surface area contributed by atoms with Crippen molar-refractivity contribution in [2.24, 2.45) is 0 Å². The Morgan fingerprint density at radius 3 is 2.88 bits per heavy atom. The lowest BCUT2D eigenvalue weighted by molar-refractivity contribution is 0.383. The molecule has 2 aromatic rings. The van der Waals surface area contributed by atoms with Gasteiger partial charge in [0.1, 0.15) is 0 Å². The fourth-order valence-corrected chi connectivity index (χ4v) is 1.92. The van der Waals surface area contributed by atoms with Crippen LogP contribution in [0.3, 0.4) is 0 Å². The van der Waals surface area contributed by atoms with Crippen LogP contribution in [0.15, 0.2) is 27.4 Å². The molecular formula is C12H16N2OS. The fourth-order valence-electron chi connectivity index (χ4n) is 1.27. The van der Waals surface area contributed by atoms with E-state index in [0.717, 1.165) is 17.2 Å². The van der Waals surface area contributed by atoms with Gasteiger partial charge in [-0.15, -0.1) is 0 Å². The lowest BCUT2D eigenvalue weighted by Crippen LogP contribution is -2.35. The Balaban J connectivity index is 2.03. The molecule has 2 aromatic heterocycles. The molecule has 0 aliphatic rings. The van der Waals surface area contributed by atoms with Crippen molar-refractivity contribution in [2.45, 2.75) is 32.9 Å². The van der Waals surface area contributed by atoms with Gasteiger partial charge in [-0.05, 0) is 32.2 Å². The number of oxazole rings is 1. The highest BCUT2D eigenvalue weighted by Crippen LogP contribution is 2.22. The Kier molecular flexibility index (Phi) is 3.12. The summed E-state index contributed by atoms with van der Waals surface area (Å²) in [6.45, 7) is 7.02. The summed E-state index contributed by atoms with van der Waals surface area (Å²) < 4.78 is 5.66. The van der Waals surface area contributed by atoms with Crippen molar-refractivity contribution in [3.05, 3.63) is 28.9 Å². The highest BCUT2D eigenvalue weighted by atomic mass is 32.1. The maximum Gasteiger partial charge on any atom is 0.208 e. The van der Waals surface area contributed by atoms with Gasteiger partial charge in [-0.25, -0.2) is 4.98 Å². The topological polar surface area (TPSA) is 38.1 Å². The van der Waals surface area contributed by atoms with Crippen molar-refractivity contribution in [2.75, 3.05) is 0 Å². The molecule has 0 bridgehead atoms. The molecule has 86 valence electrons. The van der Waals surface area contributed by atoms with Crippen LogP contribution in [0.4, 0.5) is 0 Å². The molecule has 0 aromatic carbocycles. The van der Waals surface area contributed by atoms with Crippen molar-refractivity contribution >= 4 is 11.3 Å². The third-order valence-corrected chi connectivity index (χ3v) is 2.81. The van der Waals surface area contributed by atoms with E-state index in [4.69, 9.17) is 4.42 Å². The summed E-state index contributed by atoms with van der Waals surface area (Å²) in [5.41, 5.74) is 1.18. The fraction of sp³-hybridized carbons (Fsp3) is 0.417. The summed E-state index contributed by atoms with van der Waals surface area (Å²) in [6.07, 6.45) is 1.78. The average molecular weight is 236 g/mol. The van der Waals surface area contributed by atoms with Crippen LogP contribution in [-0.2, 0) is 6.54 Å². The summed E-state index contributed by atoms with van der Waals surface area (Å²) in [6, 6.07) is 2.03. The molecule has 16 heavy (non-hydrogen) atoms. The normalized spacial score (nSPS) is 11.9. The lowest BCUT2D eigenvalue weighted by Gasteiger charge is -2.18. The van der Waals surface area contributed by atoms with E-state index in [1.54, 1.807) is 17.5 Å². The van der Waals surface area contributed by atoms with Crippen LogP contribution < -0.4 is 5.32 Å². The quantitative estimate of drug-likeness (QED) is 0.888. The van der Waals surface area contributed by atoms with E-state index in [-0.39, 0.29) is 5.54 Å². The second-order valence-corrected chi connectivity index (χ2v) is 5.51. The van der Waals surface area contributed by atoms with E-state index in [0.29, 0.717) is 6.54 Å². The molecule has 2 rings (SSSR count). The average Bonchev–Trinajstić information content (AvgIpc) is 2.84. The molecular weight excluding hydrogens is 220 g/mol. The van der Waals surface area contributed by atoms with Gasteiger partial charge in [0.2, 0.25) is 5.89 Å². The van der Waals surface area contributed by atoms with Gasteiger partial charge in [-0.2, -0.15) is 11.3 Å². The SMILES string of the molecule is CC(C)(C)NCc1ncc(-c2ccsc2)o1. The standard InChI is InChI=1S/C12H16N2OS/c1-12(2,3)14-7-11-13-6-10(15-11)9-4-5-16-8-9/h4-6,8,14H,7H2,1-3H3. The van der Waals surface area contributed by atoms with Gasteiger partial charge in [0.25, 0.3) is 0 Å². The molecule has 0 aliphatic heterocycles. The van der Waals surface area contributed by atoms with Gasteiger partial charge in [0.15, 0.2) is 5.76 Å². The molecule has 0 aliphatic carbocycles. The third kappa shape index (κ3) is 2.93. The van der Waals surface area contributed by atoms with Crippen molar-refractivity contribution in [1.82, 2.24) is 10.3 Å². The first-order chi connectivity index (χ1) is 7.54. The minimum atomic E-state index is 0.0804. The summed E-state index contributed by atoms with van der Waals surface area (Å²) in [5, 5.41) is 7.43. The van der Waals surface area contributed by atoms with E-state index < -0.39 is 0 Å². The van der Waals surface area contributed by atoms with Crippen LogP contribution in [0.25, 0.3) is 11.3 Å². The van der Waals surface area contributed by atoms with Crippen LogP contribution >= 0.6 is 11.3 Å². The van der Waals surface area contributed by atoms with Crippen LogP contribution in [0.5, 0.6) is 0 Å². The second-order valence-electron chi connectivity index (χ2n) is 4.73. The Bertz CT molecular complexity index is 440. The number of nitrogens with one attached hydrogen (secondary N) is 1. The summed E-state index contributed by atoms with van der Waals surface area (Å²) in [4.78, 5) is 4.25. The largest absolute Gasteiger partial charge is 0.439 e. The first kappa shape index (κ1) is 11.4. The zero-order chi connectivity index (χ0) is 11.6. The summed E-state index contributed by atoms with van der Waals surface area (Å²) in [7, 11) is 0. The third-order valence-electron chi connectivity index (χ3n) is 2.13. The maximum absolute atomic E-state index is 5.66. The van der Waals surface area contributed by atoms with Gasteiger partial charge in [-0.3, -0.25) is 0 Å². The van der Waals surface area contributed by atoms with Crippen LogP contribution in [0.2, 0.25) is 0 Å². The predicted molar refractivity (Wildman–Crippen MR) is 66.4 cm³/mol. The number of nitrogens with zero attached hydrogens (tertiary/aromatic N) is 1. The van der Waals surface area contributed by atoms with Gasteiger partial charge in [-0.1, -0.05) is 0 Å². The van der Waals surface area contributed by atoms with Crippen LogP contribution in [-0.4, -0.2) is 10.5 Å². The minimum Gasteiger partial charge on any atom is -0.439 e. The molecule has 1 N–H and O–H groups in total. The smallest absolute Gasteiger partial charge is 0.208 e. The molecule has 0 saturated heterocycles. The highest BCUT2D eigenvalue weighted by Gasteiger charge is 2.11. The Morgan fingerprint density at radius 2 is 2.25 bits per heavy atom. The first-order valence-electron chi connectivity index (χ1n) is 5.27. The maximum atomic E-state index is 5.66. The zero-order valence-corrected chi connectivity index (χ0v) is 10.6.